The molecule has 0 aliphatic heterocycles. The Morgan fingerprint density at radius 3 is 1.77 bits per heavy atom. The van der Waals surface area contributed by atoms with Crippen molar-refractivity contribution in [1.29, 1.82) is 0 Å². The van der Waals surface area contributed by atoms with Crippen LogP contribution >= 0.6 is 22.6 Å². The van der Waals surface area contributed by atoms with Gasteiger partial charge in [-0.3, -0.25) is 0 Å². The fourth-order valence-electron chi connectivity index (χ4n) is 4.25. The van der Waals surface area contributed by atoms with E-state index < -0.39 is 0 Å². The van der Waals surface area contributed by atoms with E-state index in [2.05, 4.69) is 59.0 Å². The zero-order valence-electron chi connectivity index (χ0n) is 20.5. The van der Waals surface area contributed by atoms with Crippen LogP contribution in [0.5, 0.6) is 34.5 Å². The zero-order valence-corrected chi connectivity index (χ0v) is 22.7. The molecule has 182 valence electrons. The summed E-state index contributed by atoms with van der Waals surface area (Å²) in [4.78, 5) is 0. The van der Waals surface area contributed by atoms with E-state index in [1.807, 2.05) is 18.2 Å². The lowest BCUT2D eigenvalue weighted by Gasteiger charge is -2.16. The van der Waals surface area contributed by atoms with Gasteiger partial charge in [-0.25, -0.2) is 0 Å². The third-order valence-corrected chi connectivity index (χ3v) is 7.02. The van der Waals surface area contributed by atoms with Crippen LogP contribution in [0.2, 0.25) is 0 Å². The van der Waals surface area contributed by atoms with Crippen molar-refractivity contribution >= 4 is 56.3 Å². The molecule has 0 bridgehead atoms. The summed E-state index contributed by atoms with van der Waals surface area (Å²) < 4.78 is 34.5. The van der Waals surface area contributed by atoms with Gasteiger partial charge >= 0.3 is 0 Å². The molecule has 4 aromatic rings. The van der Waals surface area contributed by atoms with Crippen molar-refractivity contribution in [3.8, 4) is 34.5 Å². The summed E-state index contributed by atoms with van der Waals surface area (Å²) in [6, 6.07) is 14.4. The van der Waals surface area contributed by atoms with E-state index >= 15 is 0 Å². The van der Waals surface area contributed by atoms with Crippen LogP contribution in [0.3, 0.4) is 0 Å². The van der Waals surface area contributed by atoms with Crippen molar-refractivity contribution in [2.24, 2.45) is 0 Å². The second kappa shape index (κ2) is 10.5. The number of fused-ring (bicyclic) bond motifs is 3. The van der Waals surface area contributed by atoms with Crippen LogP contribution in [-0.2, 0) is 0 Å². The highest BCUT2D eigenvalue weighted by molar-refractivity contribution is 14.1. The Kier molecular flexibility index (Phi) is 7.45. The molecule has 0 heterocycles. The summed E-state index contributed by atoms with van der Waals surface area (Å²) in [6.45, 7) is 0. The van der Waals surface area contributed by atoms with Crippen molar-refractivity contribution in [3.05, 3.63) is 57.2 Å². The van der Waals surface area contributed by atoms with Gasteiger partial charge in [0.05, 0.1) is 46.2 Å². The highest BCUT2D eigenvalue weighted by Crippen LogP contribution is 2.46. The Hall–Kier alpha value is -3.33. The van der Waals surface area contributed by atoms with E-state index in [-0.39, 0.29) is 0 Å². The van der Waals surface area contributed by atoms with Gasteiger partial charge in [0.2, 0.25) is 11.5 Å². The Bertz CT molecular complexity index is 1430. The monoisotopic (exact) mass is 586 g/mol. The first kappa shape index (κ1) is 24.8. The zero-order chi connectivity index (χ0) is 25.1. The lowest BCUT2D eigenvalue weighted by Crippen LogP contribution is -1.98. The largest absolute Gasteiger partial charge is 0.493 e. The van der Waals surface area contributed by atoms with Crippen molar-refractivity contribution < 1.29 is 28.4 Å². The van der Waals surface area contributed by atoms with E-state index in [9.17, 15) is 0 Å². The predicted molar refractivity (Wildman–Crippen MR) is 149 cm³/mol. The Labute approximate surface area is 218 Å². The van der Waals surface area contributed by atoms with Crippen molar-refractivity contribution in [1.82, 2.24) is 0 Å². The first-order valence-electron chi connectivity index (χ1n) is 10.8. The second-order valence-corrected chi connectivity index (χ2v) is 8.75. The number of methoxy groups -OCH3 is 6. The normalized spacial score (nSPS) is 11.2. The molecule has 0 fully saturated rings. The van der Waals surface area contributed by atoms with Crippen LogP contribution in [0.15, 0.2) is 42.5 Å². The van der Waals surface area contributed by atoms with Crippen molar-refractivity contribution in [2.75, 3.05) is 42.7 Å². The molecule has 0 spiro atoms. The van der Waals surface area contributed by atoms with Gasteiger partial charge in [-0.15, -0.1) is 0 Å². The van der Waals surface area contributed by atoms with Crippen LogP contribution in [0.25, 0.3) is 33.7 Å². The molecule has 0 N–H and O–H groups in total. The average molecular weight is 586 g/mol. The lowest BCUT2D eigenvalue weighted by atomic mass is 9.98. The minimum atomic E-state index is 0.572. The van der Waals surface area contributed by atoms with Gasteiger partial charge in [-0.1, -0.05) is 36.4 Å². The van der Waals surface area contributed by atoms with E-state index in [0.29, 0.717) is 34.5 Å². The Balaban J connectivity index is 1.88. The molecule has 35 heavy (non-hydrogen) atoms. The fourth-order valence-corrected chi connectivity index (χ4v) is 5.05. The molecule has 0 aliphatic rings. The summed E-state index contributed by atoms with van der Waals surface area (Å²) in [5, 5.41) is 4.14. The van der Waals surface area contributed by atoms with E-state index in [1.165, 1.54) is 0 Å². The van der Waals surface area contributed by atoms with Gasteiger partial charge < -0.3 is 28.4 Å². The molecular weight excluding hydrogens is 559 g/mol. The van der Waals surface area contributed by atoms with E-state index in [4.69, 9.17) is 28.4 Å². The molecule has 0 saturated heterocycles. The molecule has 0 aromatic heterocycles. The number of ether oxygens (including phenoxy) is 6. The number of halogens is 1. The second-order valence-electron chi connectivity index (χ2n) is 7.67. The van der Waals surface area contributed by atoms with Gasteiger partial charge in [0.15, 0.2) is 23.0 Å². The van der Waals surface area contributed by atoms with E-state index in [1.54, 1.807) is 42.7 Å². The maximum atomic E-state index is 5.79. The van der Waals surface area contributed by atoms with Crippen LogP contribution in [0, 0.1) is 3.57 Å². The number of hydrogen-bond acceptors (Lipinski definition) is 6. The average Bonchev–Trinajstić information content (AvgIpc) is 2.90. The first-order chi connectivity index (χ1) is 17.0. The minimum Gasteiger partial charge on any atom is -0.493 e. The topological polar surface area (TPSA) is 55.4 Å². The third-order valence-electron chi connectivity index (χ3n) is 5.90. The minimum absolute atomic E-state index is 0.572. The molecule has 0 amide bonds. The Morgan fingerprint density at radius 1 is 0.571 bits per heavy atom. The maximum absolute atomic E-state index is 5.79. The lowest BCUT2D eigenvalue weighted by molar-refractivity contribution is 0.323. The SMILES string of the molecule is COc1cc(/C=C\c2ccc3ccc4cc(OC)c(OC)c(OC)c4c3c2)c(I)c(OC)c1OC. The molecular formula is C28H27IO6. The van der Waals surface area contributed by atoms with Gasteiger partial charge in [0.25, 0.3) is 0 Å². The standard InChI is InChI=1S/C28H27IO6/c1-30-21-14-18-12-11-17-9-7-16(13-20(17)23(18)27(34-5)25(21)32-3)8-10-19-15-22(31-2)26(33-4)28(35-6)24(19)29/h7-15H,1-6H3/b10-8-. The van der Waals surface area contributed by atoms with Crippen molar-refractivity contribution in [3.63, 3.8) is 0 Å². The van der Waals surface area contributed by atoms with Crippen LogP contribution in [0.4, 0.5) is 0 Å². The fraction of sp³-hybridized carbons (Fsp3) is 0.214. The van der Waals surface area contributed by atoms with Gasteiger partial charge in [0.1, 0.15) is 0 Å². The van der Waals surface area contributed by atoms with Crippen LogP contribution < -0.4 is 28.4 Å². The van der Waals surface area contributed by atoms with Gasteiger partial charge in [0, 0.05) is 5.39 Å². The molecule has 0 aliphatic carbocycles. The summed E-state index contributed by atoms with van der Waals surface area (Å²) in [5.41, 5.74) is 1.99. The summed E-state index contributed by atoms with van der Waals surface area (Å²) in [5.74, 6) is 3.67. The summed E-state index contributed by atoms with van der Waals surface area (Å²) in [7, 11) is 9.72. The molecule has 0 saturated carbocycles. The molecule has 0 radical (unpaired) electrons. The smallest absolute Gasteiger partial charge is 0.204 e. The summed E-state index contributed by atoms with van der Waals surface area (Å²) in [6.07, 6.45) is 4.10. The van der Waals surface area contributed by atoms with Gasteiger partial charge in [-0.2, -0.15) is 0 Å². The third kappa shape index (κ3) is 4.40. The molecule has 4 rings (SSSR count). The van der Waals surface area contributed by atoms with Crippen LogP contribution in [0.1, 0.15) is 11.1 Å². The maximum Gasteiger partial charge on any atom is 0.204 e. The number of hydrogen-bond donors (Lipinski definition) is 0. The van der Waals surface area contributed by atoms with Crippen LogP contribution in [-0.4, -0.2) is 42.7 Å². The number of rotatable bonds is 8. The van der Waals surface area contributed by atoms with Gasteiger partial charge in [-0.05, 0) is 68.1 Å². The van der Waals surface area contributed by atoms with E-state index in [0.717, 1.165) is 36.2 Å². The molecule has 6 nitrogen and oxygen atoms in total. The van der Waals surface area contributed by atoms with Crippen molar-refractivity contribution in [2.45, 2.75) is 0 Å². The highest BCUT2D eigenvalue weighted by atomic mass is 127. The molecule has 0 unspecified atom stereocenters. The molecule has 7 heteroatoms. The highest BCUT2D eigenvalue weighted by Gasteiger charge is 2.19. The number of benzene rings is 4. The molecule has 0 atom stereocenters. The quantitative estimate of drug-likeness (QED) is 0.128. The molecule has 4 aromatic carbocycles. The first-order valence-corrected chi connectivity index (χ1v) is 11.9. The Morgan fingerprint density at radius 2 is 1.14 bits per heavy atom. The predicted octanol–water partition coefficient (Wildman–Crippen LogP) is 6.82. The summed E-state index contributed by atoms with van der Waals surface area (Å²) >= 11 is 2.26.